The fourth-order valence-corrected chi connectivity index (χ4v) is 3.35. The van der Waals surface area contributed by atoms with Gasteiger partial charge in [-0.15, -0.1) is 11.3 Å². The van der Waals surface area contributed by atoms with Crippen LogP contribution in [0.2, 0.25) is 0 Å². The Morgan fingerprint density at radius 3 is 2.84 bits per heavy atom. The maximum Gasteiger partial charge on any atom is 0.197 e. The lowest BCUT2D eigenvalue weighted by atomic mass is 10.2. The van der Waals surface area contributed by atoms with Crippen molar-refractivity contribution in [2.45, 2.75) is 13.8 Å². The van der Waals surface area contributed by atoms with Crippen LogP contribution in [0.15, 0.2) is 22.1 Å². The van der Waals surface area contributed by atoms with E-state index in [2.05, 4.69) is 54.9 Å². The van der Waals surface area contributed by atoms with Crippen molar-refractivity contribution in [2.24, 2.45) is 5.84 Å². The van der Waals surface area contributed by atoms with E-state index in [-0.39, 0.29) is 0 Å². The smallest absolute Gasteiger partial charge is 0.197 e. The average molecular weight is 338 g/mol. The number of aryl methyl sites for hydroxylation is 2. The number of hydrogen-bond acceptors (Lipinski definition) is 5. The second-order valence-corrected chi connectivity index (χ2v) is 6.00. The minimum atomic E-state index is 0.691. The molecule has 0 fully saturated rings. The summed E-state index contributed by atoms with van der Waals surface area (Å²) in [5, 5.41) is 2.66. The Balaban J connectivity index is 2.31. The number of nitrogens with two attached hydrogens (primary N) is 1. The summed E-state index contributed by atoms with van der Waals surface area (Å²) in [4.78, 5) is 9.04. The number of thiazole rings is 1. The zero-order valence-corrected chi connectivity index (χ0v) is 12.8. The monoisotopic (exact) mass is 337 g/mol. The van der Waals surface area contributed by atoms with Gasteiger partial charge in [0.25, 0.3) is 0 Å². The molecule has 98 valence electrons. The van der Waals surface area contributed by atoms with E-state index in [1.54, 1.807) is 0 Å². The SMILES string of the molecule is Cc1cc(Br)c2nc(C)c(-c3csc(NN)n3)n2c1. The molecule has 3 N–H and O–H groups in total. The standard InChI is InChI=1S/C12H12BrN5S/c1-6-3-8(13)11-15-7(2)10(18(11)4-6)9-5-19-12(16-9)17-14/h3-5H,14H2,1-2H3,(H,16,17). The Morgan fingerprint density at radius 1 is 1.37 bits per heavy atom. The van der Waals surface area contributed by atoms with Crippen LogP contribution in [0.3, 0.4) is 0 Å². The molecule has 3 heterocycles. The van der Waals surface area contributed by atoms with Crippen LogP contribution in [-0.2, 0) is 0 Å². The van der Waals surface area contributed by atoms with E-state index >= 15 is 0 Å². The Labute approximate surface area is 122 Å². The van der Waals surface area contributed by atoms with Crippen LogP contribution < -0.4 is 11.3 Å². The number of nitrogens with one attached hydrogen (secondary N) is 1. The number of halogens is 1. The Bertz CT molecular complexity index is 761. The molecule has 0 saturated carbocycles. The molecule has 7 heteroatoms. The van der Waals surface area contributed by atoms with Crippen molar-refractivity contribution in [1.29, 1.82) is 0 Å². The molecule has 0 saturated heterocycles. The molecule has 0 atom stereocenters. The van der Waals surface area contributed by atoms with Crippen LogP contribution >= 0.6 is 27.3 Å². The number of pyridine rings is 1. The topological polar surface area (TPSA) is 68.2 Å². The first-order chi connectivity index (χ1) is 9.10. The first kappa shape index (κ1) is 12.6. The highest BCUT2D eigenvalue weighted by Gasteiger charge is 2.15. The van der Waals surface area contributed by atoms with Gasteiger partial charge in [0, 0.05) is 11.6 Å². The summed E-state index contributed by atoms with van der Waals surface area (Å²) in [6.07, 6.45) is 2.06. The van der Waals surface area contributed by atoms with Gasteiger partial charge in [-0.05, 0) is 41.4 Å². The van der Waals surface area contributed by atoms with Crippen molar-refractivity contribution < 1.29 is 0 Å². The molecule has 0 unspecified atom stereocenters. The fraction of sp³-hybridized carbons (Fsp3) is 0.167. The summed E-state index contributed by atoms with van der Waals surface area (Å²) in [5.74, 6) is 5.38. The molecule has 0 aliphatic heterocycles. The summed E-state index contributed by atoms with van der Waals surface area (Å²) >= 11 is 5.03. The predicted molar refractivity (Wildman–Crippen MR) is 81.3 cm³/mol. The number of nitrogens with zero attached hydrogens (tertiary/aromatic N) is 3. The van der Waals surface area contributed by atoms with Gasteiger partial charge >= 0.3 is 0 Å². The average Bonchev–Trinajstić information content (AvgIpc) is 2.93. The first-order valence-corrected chi connectivity index (χ1v) is 7.34. The quantitative estimate of drug-likeness (QED) is 0.556. The summed E-state index contributed by atoms with van der Waals surface area (Å²) in [6, 6.07) is 2.06. The minimum Gasteiger partial charge on any atom is -0.300 e. The summed E-state index contributed by atoms with van der Waals surface area (Å²) in [6.45, 7) is 4.04. The van der Waals surface area contributed by atoms with Crippen LogP contribution in [0.4, 0.5) is 5.13 Å². The van der Waals surface area contributed by atoms with E-state index in [1.807, 2.05) is 12.3 Å². The fourth-order valence-electron chi connectivity index (χ4n) is 2.10. The van der Waals surface area contributed by atoms with Crippen molar-refractivity contribution in [2.75, 3.05) is 5.43 Å². The molecular weight excluding hydrogens is 326 g/mol. The number of aromatic nitrogens is 3. The molecule has 0 aromatic carbocycles. The van der Waals surface area contributed by atoms with E-state index in [0.717, 1.165) is 32.8 Å². The van der Waals surface area contributed by atoms with Crippen LogP contribution in [0.5, 0.6) is 0 Å². The van der Waals surface area contributed by atoms with E-state index in [1.165, 1.54) is 11.3 Å². The Morgan fingerprint density at radius 2 is 2.16 bits per heavy atom. The molecule has 0 aliphatic carbocycles. The maximum atomic E-state index is 5.38. The minimum absolute atomic E-state index is 0.691. The molecule has 0 bridgehead atoms. The normalized spacial score (nSPS) is 11.2. The lowest BCUT2D eigenvalue weighted by Gasteiger charge is -2.03. The van der Waals surface area contributed by atoms with Gasteiger partial charge < -0.3 is 0 Å². The summed E-state index contributed by atoms with van der Waals surface area (Å²) < 4.78 is 3.04. The van der Waals surface area contributed by atoms with Gasteiger partial charge in [0.1, 0.15) is 5.69 Å². The largest absolute Gasteiger partial charge is 0.300 e. The van der Waals surface area contributed by atoms with Crippen molar-refractivity contribution in [3.8, 4) is 11.4 Å². The molecule has 0 amide bonds. The highest BCUT2D eigenvalue weighted by molar-refractivity contribution is 9.10. The van der Waals surface area contributed by atoms with Gasteiger partial charge in [-0.1, -0.05) is 0 Å². The third-order valence-electron chi connectivity index (χ3n) is 2.86. The predicted octanol–water partition coefficient (Wildman–Crippen LogP) is 3.12. The second kappa shape index (κ2) is 4.59. The molecule has 5 nitrogen and oxygen atoms in total. The Hall–Kier alpha value is -1.44. The van der Waals surface area contributed by atoms with E-state index in [4.69, 9.17) is 5.84 Å². The van der Waals surface area contributed by atoms with E-state index in [0.29, 0.717) is 5.13 Å². The lowest BCUT2D eigenvalue weighted by molar-refractivity contribution is 1.14. The number of nitrogen functional groups attached to an aromatic ring is 1. The van der Waals surface area contributed by atoms with E-state index < -0.39 is 0 Å². The second-order valence-electron chi connectivity index (χ2n) is 4.29. The maximum absolute atomic E-state index is 5.38. The molecule has 3 aromatic rings. The molecule has 0 aliphatic rings. The van der Waals surface area contributed by atoms with Crippen molar-refractivity contribution in [3.05, 3.63) is 33.4 Å². The van der Waals surface area contributed by atoms with Gasteiger partial charge in [-0.3, -0.25) is 9.83 Å². The number of rotatable bonds is 2. The van der Waals surface area contributed by atoms with Crippen LogP contribution in [0.1, 0.15) is 11.3 Å². The molecule has 0 radical (unpaired) electrons. The van der Waals surface area contributed by atoms with Gasteiger partial charge in [-0.25, -0.2) is 15.8 Å². The number of imidazole rings is 1. The number of hydrogen-bond donors (Lipinski definition) is 2. The third-order valence-corrected chi connectivity index (χ3v) is 4.21. The van der Waals surface area contributed by atoms with Crippen molar-refractivity contribution >= 4 is 38.0 Å². The summed E-state index contributed by atoms with van der Waals surface area (Å²) in [7, 11) is 0. The van der Waals surface area contributed by atoms with Gasteiger partial charge in [0.2, 0.25) is 0 Å². The van der Waals surface area contributed by atoms with Crippen molar-refractivity contribution in [3.63, 3.8) is 0 Å². The van der Waals surface area contributed by atoms with Crippen molar-refractivity contribution in [1.82, 2.24) is 14.4 Å². The van der Waals surface area contributed by atoms with E-state index in [9.17, 15) is 0 Å². The highest BCUT2D eigenvalue weighted by atomic mass is 79.9. The van der Waals surface area contributed by atoms with Gasteiger partial charge in [0.05, 0.1) is 15.9 Å². The van der Waals surface area contributed by atoms with Crippen LogP contribution in [0.25, 0.3) is 17.0 Å². The molecule has 0 spiro atoms. The zero-order chi connectivity index (χ0) is 13.6. The number of fused-ring (bicyclic) bond motifs is 1. The third kappa shape index (κ3) is 2.03. The van der Waals surface area contributed by atoms with Crippen LogP contribution in [-0.4, -0.2) is 14.4 Å². The molecule has 19 heavy (non-hydrogen) atoms. The summed E-state index contributed by atoms with van der Waals surface area (Å²) in [5.41, 5.74) is 7.44. The van der Waals surface area contributed by atoms with Crippen LogP contribution in [0, 0.1) is 13.8 Å². The van der Waals surface area contributed by atoms with Gasteiger partial charge in [-0.2, -0.15) is 0 Å². The Kier molecular flexibility index (Phi) is 3.04. The molecule has 3 aromatic heterocycles. The zero-order valence-electron chi connectivity index (χ0n) is 10.4. The first-order valence-electron chi connectivity index (χ1n) is 5.67. The lowest BCUT2D eigenvalue weighted by Crippen LogP contribution is -2.05. The molecular formula is C12H12BrN5S. The molecule has 3 rings (SSSR count). The number of anilines is 1. The van der Waals surface area contributed by atoms with Gasteiger partial charge in [0.15, 0.2) is 10.8 Å². The number of hydrazine groups is 1. The highest BCUT2D eigenvalue weighted by Crippen LogP contribution is 2.30.